The summed E-state index contributed by atoms with van der Waals surface area (Å²) in [5.74, 6) is 0. The zero-order valence-electron chi connectivity index (χ0n) is 8.92. The van der Waals surface area contributed by atoms with Gasteiger partial charge in [-0.25, -0.2) is 0 Å². The van der Waals surface area contributed by atoms with Crippen LogP contribution in [0.5, 0.6) is 0 Å². The Morgan fingerprint density at radius 1 is 1.00 bits per heavy atom. The van der Waals surface area contributed by atoms with E-state index in [1.54, 1.807) is 24.4 Å². The lowest BCUT2D eigenvalue weighted by atomic mass is 10.1. The molecule has 0 saturated heterocycles. The van der Waals surface area contributed by atoms with Gasteiger partial charge in [0.15, 0.2) is 0 Å². The molecule has 0 spiro atoms. The summed E-state index contributed by atoms with van der Waals surface area (Å²) < 4.78 is 0. The van der Waals surface area contributed by atoms with Gasteiger partial charge < -0.3 is 5.11 Å². The van der Waals surface area contributed by atoms with E-state index in [2.05, 4.69) is 4.98 Å². The van der Waals surface area contributed by atoms with Crippen LogP contribution in [0.4, 0.5) is 0 Å². The third-order valence-corrected chi connectivity index (χ3v) is 4.02. The van der Waals surface area contributed by atoms with Crippen molar-refractivity contribution >= 4 is 46.4 Å². The van der Waals surface area contributed by atoms with Gasteiger partial charge in [-0.15, -0.1) is 0 Å². The van der Waals surface area contributed by atoms with Crippen LogP contribution in [0.25, 0.3) is 11.3 Å². The van der Waals surface area contributed by atoms with Gasteiger partial charge in [-0.1, -0.05) is 46.4 Å². The molecule has 94 valence electrons. The van der Waals surface area contributed by atoms with Crippen molar-refractivity contribution in [1.29, 1.82) is 0 Å². The molecular weight excluding hydrogens is 316 g/mol. The van der Waals surface area contributed by atoms with E-state index in [-0.39, 0.29) is 11.6 Å². The molecule has 1 aromatic heterocycles. The highest BCUT2D eigenvalue weighted by molar-refractivity contribution is 6.48. The Balaban J connectivity index is 2.62. The average Bonchev–Trinajstić information content (AvgIpc) is 2.35. The third-order valence-electron chi connectivity index (χ3n) is 2.40. The van der Waals surface area contributed by atoms with Crippen molar-refractivity contribution in [3.05, 3.63) is 50.0 Å². The number of halogens is 4. The summed E-state index contributed by atoms with van der Waals surface area (Å²) in [5, 5.41) is 10.5. The van der Waals surface area contributed by atoms with Gasteiger partial charge in [0, 0.05) is 11.8 Å². The van der Waals surface area contributed by atoms with Gasteiger partial charge in [-0.05, 0) is 23.8 Å². The minimum absolute atomic E-state index is 0.163. The van der Waals surface area contributed by atoms with Gasteiger partial charge in [-0.3, -0.25) is 4.98 Å². The van der Waals surface area contributed by atoms with E-state index in [4.69, 9.17) is 51.5 Å². The summed E-state index contributed by atoms with van der Waals surface area (Å²) in [6, 6.07) is 4.90. The highest BCUT2D eigenvalue weighted by Gasteiger charge is 2.13. The van der Waals surface area contributed by atoms with Crippen molar-refractivity contribution in [3.63, 3.8) is 0 Å². The van der Waals surface area contributed by atoms with Crippen molar-refractivity contribution in [1.82, 2.24) is 4.98 Å². The molecule has 0 radical (unpaired) electrons. The van der Waals surface area contributed by atoms with Crippen molar-refractivity contribution in [2.24, 2.45) is 0 Å². The first-order valence-corrected chi connectivity index (χ1v) is 6.45. The predicted octanol–water partition coefficient (Wildman–Crippen LogP) is 4.85. The molecule has 2 rings (SSSR count). The standard InChI is InChI=1S/C12H7Cl4NO/c13-8-3-7(4-9(14)11(8)16)12-10(15)6(5-18)1-2-17-12/h1-4,18H,5H2. The molecular formula is C12H7Cl4NO. The molecule has 1 aromatic carbocycles. The van der Waals surface area contributed by atoms with Gasteiger partial charge in [-0.2, -0.15) is 0 Å². The smallest absolute Gasteiger partial charge is 0.0892 e. The number of pyridine rings is 1. The molecule has 0 aliphatic rings. The molecule has 2 aromatic rings. The first kappa shape index (κ1) is 13.9. The molecule has 18 heavy (non-hydrogen) atoms. The second kappa shape index (κ2) is 5.64. The summed E-state index contributed by atoms with van der Waals surface area (Å²) >= 11 is 23.9. The zero-order chi connectivity index (χ0) is 13.3. The largest absolute Gasteiger partial charge is 0.392 e. The number of aliphatic hydroxyl groups excluding tert-OH is 1. The van der Waals surface area contributed by atoms with Crippen molar-refractivity contribution < 1.29 is 5.11 Å². The number of aromatic nitrogens is 1. The minimum atomic E-state index is -0.163. The molecule has 0 aliphatic carbocycles. The number of aliphatic hydroxyl groups is 1. The Labute approximate surface area is 124 Å². The summed E-state index contributed by atoms with van der Waals surface area (Å²) in [6.07, 6.45) is 1.56. The van der Waals surface area contributed by atoms with Crippen LogP contribution >= 0.6 is 46.4 Å². The number of rotatable bonds is 2. The van der Waals surface area contributed by atoms with E-state index in [1.807, 2.05) is 0 Å². The Morgan fingerprint density at radius 3 is 2.17 bits per heavy atom. The highest BCUT2D eigenvalue weighted by atomic mass is 35.5. The van der Waals surface area contributed by atoms with Crippen LogP contribution in [-0.4, -0.2) is 10.1 Å². The molecule has 0 atom stereocenters. The fourth-order valence-electron chi connectivity index (χ4n) is 1.50. The Bertz CT molecular complexity index is 578. The normalized spacial score (nSPS) is 10.7. The van der Waals surface area contributed by atoms with Gasteiger partial charge in [0.25, 0.3) is 0 Å². The lowest BCUT2D eigenvalue weighted by Crippen LogP contribution is -1.92. The molecule has 0 unspecified atom stereocenters. The van der Waals surface area contributed by atoms with Crippen LogP contribution < -0.4 is 0 Å². The van der Waals surface area contributed by atoms with E-state index >= 15 is 0 Å². The van der Waals surface area contributed by atoms with E-state index < -0.39 is 0 Å². The van der Waals surface area contributed by atoms with Crippen molar-refractivity contribution in [2.45, 2.75) is 6.61 Å². The Kier molecular flexibility index (Phi) is 4.36. The molecule has 0 fully saturated rings. The Hall–Kier alpha value is -0.510. The van der Waals surface area contributed by atoms with Gasteiger partial charge in [0.1, 0.15) is 0 Å². The molecule has 0 bridgehead atoms. The predicted molar refractivity (Wildman–Crippen MR) is 75.6 cm³/mol. The van der Waals surface area contributed by atoms with Gasteiger partial charge in [0.2, 0.25) is 0 Å². The minimum Gasteiger partial charge on any atom is -0.392 e. The van der Waals surface area contributed by atoms with Crippen molar-refractivity contribution in [2.75, 3.05) is 0 Å². The number of benzene rings is 1. The lowest BCUT2D eigenvalue weighted by Gasteiger charge is -2.09. The van der Waals surface area contributed by atoms with Crippen molar-refractivity contribution in [3.8, 4) is 11.3 Å². The van der Waals surface area contributed by atoms with E-state index in [0.29, 0.717) is 31.9 Å². The first-order chi connectivity index (χ1) is 8.54. The van der Waals surface area contributed by atoms with Crippen LogP contribution in [0, 0.1) is 0 Å². The second-order valence-electron chi connectivity index (χ2n) is 3.54. The molecule has 1 N–H and O–H groups in total. The van der Waals surface area contributed by atoms with Gasteiger partial charge in [0.05, 0.1) is 32.4 Å². The monoisotopic (exact) mass is 321 g/mol. The average molecular weight is 323 g/mol. The third kappa shape index (κ3) is 2.58. The quantitative estimate of drug-likeness (QED) is 0.801. The number of hydrogen-bond donors (Lipinski definition) is 1. The second-order valence-corrected chi connectivity index (χ2v) is 5.11. The maximum atomic E-state index is 9.16. The van der Waals surface area contributed by atoms with Gasteiger partial charge >= 0.3 is 0 Å². The fourth-order valence-corrected chi connectivity index (χ4v) is 2.38. The molecule has 6 heteroatoms. The zero-order valence-corrected chi connectivity index (χ0v) is 11.9. The number of nitrogens with zero attached hydrogens (tertiary/aromatic N) is 1. The summed E-state index contributed by atoms with van der Waals surface area (Å²) in [4.78, 5) is 4.17. The molecule has 2 nitrogen and oxygen atoms in total. The van der Waals surface area contributed by atoms with Crippen LogP contribution in [0.1, 0.15) is 5.56 Å². The fraction of sp³-hybridized carbons (Fsp3) is 0.0833. The molecule has 0 saturated carbocycles. The molecule has 0 aliphatic heterocycles. The molecule has 1 heterocycles. The highest BCUT2D eigenvalue weighted by Crippen LogP contribution is 2.37. The van der Waals surface area contributed by atoms with Crippen LogP contribution in [0.2, 0.25) is 20.1 Å². The lowest BCUT2D eigenvalue weighted by molar-refractivity contribution is 0.282. The van der Waals surface area contributed by atoms with E-state index in [0.717, 1.165) is 0 Å². The van der Waals surface area contributed by atoms with E-state index in [9.17, 15) is 0 Å². The van der Waals surface area contributed by atoms with Crippen LogP contribution in [0.15, 0.2) is 24.4 Å². The maximum absolute atomic E-state index is 9.16. The van der Waals surface area contributed by atoms with E-state index in [1.165, 1.54) is 0 Å². The number of hydrogen-bond acceptors (Lipinski definition) is 2. The summed E-state index contributed by atoms with van der Waals surface area (Å²) in [7, 11) is 0. The summed E-state index contributed by atoms with van der Waals surface area (Å²) in [6.45, 7) is -0.163. The Morgan fingerprint density at radius 2 is 1.61 bits per heavy atom. The SMILES string of the molecule is OCc1ccnc(-c2cc(Cl)c(Cl)c(Cl)c2)c1Cl. The van der Waals surface area contributed by atoms with Crippen LogP contribution in [-0.2, 0) is 6.61 Å². The first-order valence-electron chi connectivity index (χ1n) is 4.93. The summed E-state index contributed by atoms with van der Waals surface area (Å²) in [5.41, 5.74) is 1.74. The molecule has 0 amide bonds. The van der Waals surface area contributed by atoms with Crippen LogP contribution in [0.3, 0.4) is 0 Å². The topological polar surface area (TPSA) is 33.1 Å². The maximum Gasteiger partial charge on any atom is 0.0892 e.